The van der Waals surface area contributed by atoms with Gasteiger partial charge in [-0.1, -0.05) is 11.8 Å². The summed E-state index contributed by atoms with van der Waals surface area (Å²) in [5.41, 5.74) is 1.54. The topological polar surface area (TPSA) is 45.5 Å². The molecule has 2 aromatic rings. The lowest BCUT2D eigenvalue weighted by molar-refractivity contribution is 0.0777. The van der Waals surface area contributed by atoms with Gasteiger partial charge in [0, 0.05) is 36.1 Å². The molecule has 104 valence electrons. The molecule has 2 heterocycles. The van der Waals surface area contributed by atoms with Crippen molar-refractivity contribution in [1.82, 2.24) is 9.47 Å². The van der Waals surface area contributed by atoms with Crippen LogP contribution in [0.2, 0.25) is 0 Å². The van der Waals surface area contributed by atoms with Gasteiger partial charge in [-0.25, -0.2) is 0 Å². The van der Waals surface area contributed by atoms with Crippen molar-refractivity contribution in [2.24, 2.45) is 7.05 Å². The highest BCUT2D eigenvalue weighted by Gasteiger charge is 2.15. The Hall–Kier alpha value is -2.03. The summed E-state index contributed by atoms with van der Waals surface area (Å²) in [4.78, 5) is 15.0. The number of aliphatic hydroxyl groups is 1. The van der Waals surface area contributed by atoms with Gasteiger partial charge in [0.15, 0.2) is 0 Å². The van der Waals surface area contributed by atoms with Crippen LogP contribution in [0, 0.1) is 11.8 Å². The van der Waals surface area contributed by atoms with Crippen molar-refractivity contribution in [2.75, 3.05) is 13.7 Å². The fourth-order valence-corrected chi connectivity index (χ4v) is 2.72. The van der Waals surface area contributed by atoms with Crippen LogP contribution in [-0.4, -0.2) is 34.1 Å². The van der Waals surface area contributed by atoms with Crippen LogP contribution in [0.5, 0.6) is 0 Å². The summed E-state index contributed by atoms with van der Waals surface area (Å²) in [6.07, 6.45) is 1.86. The van der Waals surface area contributed by atoms with Crippen LogP contribution in [-0.2, 0) is 13.6 Å². The largest absolute Gasteiger partial charge is 0.384 e. The zero-order valence-corrected chi connectivity index (χ0v) is 12.3. The summed E-state index contributed by atoms with van der Waals surface area (Å²) in [7, 11) is 3.64. The molecule has 2 aromatic heterocycles. The van der Waals surface area contributed by atoms with Crippen LogP contribution < -0.4 is 0 Å². The second-order valence-corrected chi connectivity index (χ2v) is 5.42. The number of aliphatic hydroxyl groups excluding tert-OH is 1. The van der Waals surface area contributed by atoms with E-state index >= 15 is 0 Å². The van der Waals surface area contributed by atoms with Gasteiger partial charge in [0.2, 0.25) is 0 Å². The third-order valence-corrected chi connectivity index (χ3v) is 3.79. The first-order chi connectivity index (χ1) is 9.61. The van der Waals surface area contributed by atoms with Crippen molar-refractivity contribution < 1.29 is 9.90 Å². The molecule has 0 fully saturated rings. The molecule has 1 amide bonds. The van der Waals surface area contributed by atoms with Gasteiger partial charge in [0.05, 0.1) is 6.54 Å². The van der Waals surface area contributed by atoms with E-state index in [9.17, 15) is 4.79 Å². The van der Waals surface area contributed by atoms with Gasteiger partial charge >= 0.3 is 0 Å². The fraction of sp³-hybridized carbons (Fsp3) is 0.267. The molecule has 0 saturated heterocycles. The third-order valence-electron chi connectivity index (χ3n) is 2.87. The molecule has 0 spiro atoms. The molecule has 20 heavy (non-hydrogen) atoms. The molecule has 0 unspecified atom stereocenters. The molecule has 0 atom stereocenters. The Bertz CT molecular complexity index is 661. The van der Waals surface area contributed by atoms with E-state index < -0.39 is 0 Å². The Morgan fingerprint density at radius 2 is 2.35 bits per heavy atom. The Morgan fingerprint density at radius 3 is 3.00 bits per heavy atom. The zero-order chi connectivity index (χ0) is 14.5. The Balaban J connectivity index is 2.04. The Morgan fingerprint density at radius 1 is 1.55 bits per heavy atom. The quantitative estimate of drug-likeness (QED) is 0.874. The average Bonchev–Trinajstić information content (AvgIpc) is 3.04. The van der Waals surface area contributed by atoms with Crippen molar-refractivity contribution in [2.45, 2.75) is 6.54 Å². The molecule has 0 bridgehead atoms. The van der Waals surface area contributed by atoms with E-state index in [4.69, 9.17) is 5.11 Å². The highest BCUT2D eigenvalue weighted by atomic mass is 32.1. The van der Waals surface area contributed by atoms with E-state index in [-0.39, 0.29) is 12.5 Å². The fourth-order valence-electron chi connectivity index (χ4n) is 1.86. The van der Waals surface area contributed by atoms with Crippen LogP contribution in [0.25, 0.3) is 0 Å². The van der Waals surface area contributed by atoms with Gasteiger partial charge in [0.25, 0.3) is 5.91 Å². The highest BCUT2D eigenvalue weighted by molar-refractivity contribution is 7.10. The molecule has 0 radical (unpaired) electrons. The number of nitrogens with zero attached hydrogens (tertiary/aromatic N) is 2. The van der Waals surface area contributed by atoms with Gasteiger partial charge in [-0.15, -0.1) is 11.3 Å². The van der Waals surface area contributed by atoms with Crippen molar-refractivity contribution in [3.63, 3.8) is 0 Å². The van der Waals surface area contributed by atoms with Crippen LogP contribution in [0.1, 0.15) is 20.9 Å². The van der Waals surface area contributed by atoms with Crippen molar-refractivity contribution in [3.05, 3.63) is 45.9 Å². The van der Waals surface area contributed by atoms with Crippen LogP contribution in [0.4, 0.5) is 0 Å². The summed E-state index contributed by atoms with van der Waals surface area (Å²) >= 11 is 1.56. The second-order valence-electron chi connectivity index (χ2n) is 4.43. The number of aromatic nitrogens is 1. The maximum Gasteiger partial charge on any atom is 0.270 e. The monoisotopic (exact) mass is 288 g/mol. The van der Waals surface area contributed by atoms with E-state index in [1.165, 1.54) is 0 Å². The van der Waals surface area contributed by atoms with Crippen molar-refractivity contribution in [3.8, 4) is 11.8 Å². The molecule has 0 aromatic carbocycles. The predicted molar refractivity (Wildman–Crippen MR) is 79.5 cm³/mol. The molecule has 0 aliphatic rings. The highest BCUT2D eigenvalue weighted by Crippen LogP contribution is 2.16. The van der Waals surface area contributed by atoms with E-state index in [0.29, 0.717) is 12.2 Å². The summed E-state index contributed by atoms with van der Waals surface area (Å²) < 4.78 is 1.81. The second kappa shape index (κ2) is 6.42. The minimum Gasteiger partial charge on any atom is -0.384 e. The first kappa shape index (κ1) is 14.4. The van der Waals surface area contributed by atoms with Crippen molar-refractivity contribution in [1.29, 1.82) is 0 Å². The first-order valence-electron chi connectivity index (χ1n) is 6.15. The van der Waals surface area contributed by atoms with Gasteiger partial charge in [-0.3, -0.25) is 4.79 Å². The van der Waals surface area contributed by atoms with E-state index in [0.717, 1.165) is 10.4 Å². The summed E-state index contributed by atoms with van der Waals surface area (Å²) in [6.45, 7) is 0.409. The number of thiophene rings is 1. The Labute approximate surface area is 122 Å². The first-order valence-corrected chi connectivity index (χ1v) is 7.03. The zero-order valence-electron chi connectivity index (χ0n) is 11.5. The molecule has 1 N–H and O–H groups in total. The minimum atomic E-state index is -0.142. The number of hydrogen-bond acceptors (Lipinski definition) is 3. The third kappa shape index (κ3) is 3.29. The predicted octanol–water partition coefficient (Wildman–Crippen LogP) is 1.70. The van der Waals surface area contributed by atoms with E-state index in [2.05, 4.69) is 11.8 Å². The molecule has 5 heteroatoms. The van der Waals surface area contributed by atoms with Gasteiger partial charge in [-0.05, 0) is 18.2 Å². The normalized spacial score (nSPS) is 9.95. The molecule has 0 aliphatic heterocycles. The van der Waals surface area contributed by atoms with Crippen LogP contribution in [0.3, 0.4) is 0 Å². The van der Waals surface area contributed by atoms with E-state index in [1.54, 1.807) is 23.3 Å². The van der Waals surface area contributed by atoms with Gasteiger partial charge in [-0.2, -0.15) is 0 Å². The number of aryl methyl sites for hydroxylation is 1. The van der Waals surface area contributed by atoms with Gasteiger partial charge in [0.1, 0.15) is 12.3 Å². The lowest BCUT2D eigenvalue weighted by Crippen LogP contribution is -2.27. The molecule has 2 rings (SSSR count). The standard InChI is InChI=1S/C15H16N2O2S/c1-16-7-3-6-14(16)15(19)17(2)10-13-9-12(11-20-13)5-4-8-18/h3,6-7,9,11,18H,8,10H2,1-2H3. The molecular formula is C15H16N2O2S. The summed E-state index contributed by atoms with van der Waals surface area (Å²) in [5.74, 6) is 5.46. The SMILES string of the molecule is CN(Cc1cc(C#CCO)cs1)C(=O)c1cccn1C. The number of rotatable bonds is 3. The molecule has 0 saturated carbocycles. The van der Waals surface area contributed by atoms with Crippen LogP contribution >= 0.6 is 11.3 Å². The maximum atomic E-state index is 12.3. The summed E-state index contributed by atoms with van der Waals surface area (Å²) in [6, 6.07) is 5.61. The summed E-state index contributed by atoms with van der Waals surface area (Å²) in [5, 5.41) is 10.6. The lowest BCUT2D eigenvalue weighted by Gasteiger charge is -2.16. The van der Waals surface area contributed by atoms with Crippen molar-refractivity contribution >= 4 is 17.2 Å². The van der Waals surface area contributed by atoms with Crippen LogP contribution in [0.15, 0.2) is 29.8 Å². The minimum absolute atomic E-state index is 0.00566. The molecule has 4 nitrogen and oxygen atoms in total. The van der Waals surface area contributed by atoms with Gasteiger partial charge < -0.3 is 14.6 Å². The number of amides is 1. The number of carbonyl (C=O) groups is 1. The smallest absolute Gasteiger partial charge is 0.270 e. The number of carbonyl (C=O) groups excluding carboxylic acids is 1. The van der Waals surface area contributed by atoms with E-state index in [1.807, 2.05) is 41.4 Å². The average molecular weight is 288 g/mol. The lowest BCUT2D eigenvalue weighted by atomic mass is 10.3. The Kier molecular flexibility index (Phi) is 4.61. The number of hydrogen-bond donors (Lipinski definition) is 1. The molecular weight excluding hydrogens is 272 g/mol. The maximum absolute atomic E-state index is 12.3. The molecule has 0 aliphatic carbocycles.